The third-order valence-corrected chi connectivity index (χ3v) is 9.08. The van der Waals surface area contributed by atoms with Gasteiger partial charge in [0.25, 0.3) is 0 Å². The summed E-state index contributed by atoms with van der Waals surface area (Å²) in [5, 5.41) is 8.89. The Hall–Kier alpha value is -2.10. The van der Waals surface area contributed by atoms with Crippen LogP contribution in [-0.4, -0.2) is 80.4 Å². The van der Waals surface area contributed by atoms with Crippen LogP contribution in [0.15, 0.2) is 29.5 Å². The van der Waals surface area contributed by atoms with Crippen molar-refractivity contribution in [3.8, 4) is 6.19 Å². The number of nitrogens with zero attached hydrogens (tertiary/aromatic N) is 6. The minimum atomic E-state index is -1.94. The van der Waals surface area contributed by atoms with Gasteiger partial charge in [-0.2, -0.15) is 9.57 Å². The molecule has 2 aliphatic rings. The SMILES string of the molecule is N#CN=C(N)N(CCCCCCCCN(S(=O)O)C1(CCCN2CCOCC2)CCCCC1)c1ccncc1. The highest BCUT2D eigenvalue weighted by atomic mass is 32.2. The fourth-order valence-electron chi connectivity index (χ4n) is 6.02. The van der Waals surface area contributed by atoms with Crippen LogP contribution in [0.4, 0.5) is 5.69 Å². The summed E-state index contributed by atoms with van der Waals surface area (Å²) < 4.78 is 30.2. The molecular formula is C28H47N7O3S. The standard InChI is InChI=1S/C28H47N7O3S/c29-25-32-27(30)34(26-11-16-31-17-12-26)19-8-3-1-2-4-9-20-35(39(36)37)28(13-6-5-7-14-28)15-10-18-33-21-23-38-24-22-33/h11-12,16-17H,1-10,13-15,18-24H2,(H2,30,32)(H,36,37). The normalized spacial score (nSPS) is 19.1. The first kappa shape index (κ1) is 31.4. The van der Waals surface area contributed by atoms with Gasteiger partial charge in [0.05, 0.1) is 13.2 Å². The van der Waals surface area contributed by atoms with Crippen LogP contribution in [0.1, 0.15) is 83.5 Å². The smallest absolute Gasteiger partial charge is 0.235 e. The van der Waals surface area contributed by atoms with Gasteiger partial charge in [-0.3, -0.25) is 14.4 Å². The number of anilines is 1. The van der Waals surface area contributed by atoms with E-state index in [1.807, 2.05) is 21.3 Å². The summed E-state index contributed by atoms with van der Waals surface area (Å²) in [6.45, 7) is 6.01. The summed E-state index contributed by atoms with van der Waals surface area (Å²) in [6, 6.07) is 3.72. The Bertz CT molecular complexity index is 915. The van der Waals surface area contributed by atoms with Crippen molar-refractivity contribution in [3.05, 3.63) is 24.5 Å². The highest BCUT2D eigenvalue weighted by Crippen LogP contribution is 2.38. The van der Waals surface area contributed by atoms with Crippen molar-refractivity contribution in [1.82, 2.24) is 14.2 Å². The fraction of sp³-hybridized carbons (Fsp3) is 0.750. The molecule has 0 bridgehead atoms. The molecule has 0 radical (unpaired) electrons. The van der Waals surface area contributed by atoms with Gasteiger partial charge in [-0.25, -0.2) is 4.21 Å². The number of morpholine rings is 1. The van der Waals surface area contributed by atoms with Crippen LogP contribution in [0.5, 0.6) is 0 Å². The van der Waals surface area contributed by atoms with Crippen molar-refractivity contribution < 1.29 is 13.5 Å². The lowest BCUT2D eigenvalue weighted by Gasteiger charge is -2.45. The largest absolute Gasteiger partial charge is 0.379 e. The highest BCUT2D eigenvalue weighted by molar-refractivity contribution is 7.76. The first-order chi connectivity index (χ1) is 19.1. The Morgan fingerprint density at radius 2 is 1.72 bits per heavy atom. The van der Waals surface area contributed by atoms with Gasteiger partial charge >= 0.3 is 0 Å². The van der Waals surface area contributed by atoms with E-state index in [0.29, 0.717) is 13.1 Å². The van der Waals surface area contributed by atoms with E-state index in [4.69, 9.17) is 15.7 Å². The molecule has 1 saturated heterocycles. The molecule has 2 heterocycles. The number of unbranched alkanes of at least 4 members (excludes halogenated alkanes) is 5. The number of guanidine groups is 1. The molecule has 10 nitrogen and oxygen atoms in total. The number of aromatic nitrogens is 1. The highest BCUT2D eigenvalue weighted by Gasteiger charge is 2.40. The first-order valence-electron chi connectivity index (χ1n) is 14.6. The van der Waals surface area contributed by atoms with E-state index in [0.717, 1.165) is 116 Å². The van der Waals surface area contributed by atoms with Gasteiger partial charge in [0.15, 0.2) is 0 Å². The molecule has 2 fully saturated rings. The zero-order valence-electron chi connectivity index (χ0n) is 23.4. The molecule has 218 valence electrons. The van der Waals surface area contributed by atoms with Crippen molar-refractivity contribution in [1.29, 1.82) is 5.26 Å². The Kier molecular flexibility index (Phi) is 14.2. The summed E-state index contributed by atoms with van der Waals surface area (Å²) in [6.07, 6.45) is 18.9. The molecule has 1 aliphatic heterocycles. The van der Waals surface area contributed by atoms with Crippen molar-refractivity contribution in [2.45, 2.75) is 89.0 Å². The second-order valence-electron chi connectivity index (χ2n) is 10.7. The van der Waals surface area contributed by atoms with Crippen molar-refractivity contribution in [2.75, 3.05) is 50.8 Å². The van der Waals surface area contributed by atoms with Crippen LogP contribution in [0.3, 0.4) is 0 Å². The van der Waals surface area contributed by atoms with Crippen LogP contribution in [0, 0.1) is 11.5 Å². The molecule has 1 aromatic rings. The molecule has 0 aromatic carbocycles. The number of rotatable bonds is 16. The van der Waals surface area contributed by atoms with Crippen LogP contribution >= 0.6 is 0 Å². The van der Waals surface area contributed by atoms with E-state index >= 15 is 0 Å². The van der Waals surface area contributed by atoms with Crippen LogP contribution in [0.2, 0.25) is 0 Å². The Labute approximate surface area is 237 Å². The maximum Gasteiger partial charge on any atom is 0.235 e. The van der Waals surface area contributed by atoms with E-state index in [1.54, 1.807) is 18.6 Å². The number of aliphatic imine (C=N–C) groups is 1. The van der Waals surface area contributed by atoms with E-state index < -0.39 is 11.3 Å². The maximum atomic E-state index is 12.5. The van der Waals surface area contributed by atoms with Crippen molar-refractivity contribution in [2.24, 2.45) is 10.7 Å². The van der Waals surface area contributed by atoms with Gasteiger partial charge in [-0.05, 0) is 57.2 Å². The average molecular weight is 562 g/mol. The summed E-state index contributed by atoms with van der Waals surface area (Å²) in [7, 11) is 0. The zero-order chi connectivity index (χ0) is 27.8. The number of nitrogens with two attached hydrogens (primary N) is 1. The second-order valence-corrected chi connectivity index (χ2v) is 11.6. The number of hydrogen-bond acceptors (Lipinski definition) is 6. The summed E-state index contributed by atoms with van der Waals surface area (Å²) >= 11 is -1.94. The lowest BCUT2D eigenvalue weighted by Crippen LogP contribution is -2.51. The minimum Gasteiger partial charge on any atom is -0.379 e. The van der Waals surface area contributed by atoms with Gasteiger partial charge in [0, 0.05) is 49.8 Å². The lowest BCUT2D eigenvalue weighted by molar-refractivity contribution is 0.0334. The molecule has 39 heavy (non-hydrogen) atoms. The van der Waals surface area contributed by atoms with Gasteiger partial charge in [-0.15, -0.1) is 4.99 Å². The molecule has 11 heteroatoms. The molecule has 1 aliphatic carbocycles. The monoisotopic (exact) mass is 561 g/mol. The average Bonchev–Trinajstić information content (AvgIpc) is 2.95. The Balaban J connectivity index is 1.40. The first-order valence-corrected chi connectivity index (χ1v) is 15.7. The van der Waals surface area contributed by atoms with Gasteiger partial charge in [0.2, 0.25) is 23.4 Å². The van der Waals surface area contributed by atoms with Crippen LogP contribution in [-0.2, 0) is 16.0 Å². The number of nitriles is 1. The molecule has 1 saturated carbocycles. The summed E-state index contributed by atoms with van der Waals surface area (Å²) in [5.74, 6) is 0.197. The fourth-order valence-corrected chi connectivity index (χ4v) is 6.91. The van der Waals surface area contributed by atoms with Gasteiger partial charge < -0.3 is 15.4 Å². The molecule has 3 N–H and O–H groups in total. The summed E-state index contributed by atoms with van der Waals surface area (Å²) in [5.41, 5.74) is 6.74. The van der Waals surface area contributed by atoms with Crippen LogP contribution < -0.4 is 10.6 Å². The van der Waals surface area contributed by atoms with Gasteiger partial charge in [0.1, 0.15) is 0 Å². The lowest BCUT2D eigenvalue weighted by atomic mass is 9.78. The minimum absolute atomic E-state index is 0.147. The van der Waals surface area contributed by atoms with Crippen molar-refractivity contribution >= 4 is 22.9 Å². The third kappa shape index (κ3) is 10.4. The molecule has 1 aromatic heterocycles. The summed E-state index contributed by atoms with van der Waals surface area (Å²) in [4.78, 5) is 12.1. The second kappa shape index (κ2) is 17.6. The molecule has 1 unspecified atom stereocenters. The van der Waals surface area contributed by atoms with E-state index in [-0.39, 0.29) is 11.5 Å². The predicted octanol–water partition coefficient (Wildman–Crippen LogP) is 4.28. The maximum absolute atomic E-state index is 12.5. The Morgan fingerprint density at radius 1 is 1.08 bits per heavy atom. The molecule has 0 spiro atoms. The number of hydrogen-bond donors (Lipinski definition) is 2. The molecular weight excluding hydrogens is 514 g/mol. The van der Waals surface area contributed by atoms with Gasteiger partial charge in [-0.1, -0.05) is 44.9 Å². The molecule has 1 atom stereocenters. The number of pyridine rings is 1. The Morgan fingerprint density at radius 3 is 2.36 bits per heavy atom. The topological polar surface area (TPSA) is 131 Å². The van der Waals surface area contributed by atoms with Crippen molar-refractivity contribution in [3.63, 3.8) is 0 Å². The van der Waals surface area contributed by atoms with Crippen LogP contribution in [0.25, 0.3) is 0 Å². The molecule has 0 amide bonds. The quantitative estimate of drug-likeness (QED) is 0.101. The van der Waals surface area contributed by atoms with E-state index in [2.05, 4.69) is 14.9 Å². The number of ether oxygens (including phenoxy) is 1. The third-order valence-electron chi connectivity index (χ3n) is 8.13. The predicted molar refractivity (Wildman–Crippen MR) is 156 cm³/mol. The van der Waals surface area contributed by atoms with E-state index in [9.17, 15) is 8.76 Å². The van der Waals surface area contributed by atoms with E-state index in [1.165, 1.54) is 6.42 Å². The molecule has 3 rings (SSSR count). The zero-order valence-corrected chi connectivity index (χ0v) is 24.2.